The summed E-state index contributed by atoms with van der Waals surface area (Å²) < 4.78 is 17.8. The van der Waals surface area contributed by atoms with Crippen LogP contribution in [0.3, 0.4) is 0 Å². The van der Waals surface area contributed by atoms with Gasteiger partial charge in [-0.05, 0) is 54.4 Å². The van der Waals surface area contributed by atoms with Crippen LogP contribution in [0.15, 0.2) is 36.4 Å². The van der Waals surface area contributed by atoms with E-state index in [0.717, 1.165) is 11.3 Å². The molecule has 29 heavy (non-hydrogen) atoms. The number of likely N-dealkylation sites (tertiary alicyclic amines) is 1. The number of amides is 3. The zero-order chi connectivity index (χ0) is 20.3. The van der Waals surface area contributed by atoms with Crippen LogP contribution in [-0.2, 0) is 23.9 Å². The van der Waals surface area contributed by atoms with Crippen molar-refractivity contribution in [2.75, 3.05) is 18.5 Å². The SMILES string of the molecule is O=C(COC(=O)CN1C(=O)[C@@H]2[C@H]3C=C[C@@H]([C@@H]4C[C@H]34)[C@@H]2C1=O)Nc1ccc(F)cc1. The third kappa shape index (κ3) is 2.94. The molecule has 0 aromatic heterocycles. The van der Waals surface area contributed by atoms with Crippen LogP contribution in [0.4, 0.5) is 10.1 Å². The molecular formula is C21H19FN2O5. The summed E-state index contributed by atoms with van der Waals surface area (Å²) in [7, 11) is 0. The average Bonchev–Trinajstić information content (AvgIpc) is 3.49. The smallest absolute Gasteiger partial charge is 0.326 e. The third-order valence-corrected chi connectivity index (χ3v) is 6.53. The summed E-state index contributed by atoms with van der Waals surface area (Å²) in [5.74, 6) is -2.03. The topological polar surface area (TPSA) is 92.8 Å². The van der Waals surface area contributed by atoms with Gasteiger partial charge < -0.3 is 10.1 Å². The van der Waals surface area contributed by atoms with Gasteiger partial charge in [0.05, 0.1) is 11.8 Å². The number of carbonyl (C=O) groups is 4. The number of hydrogen-bond donors (Lipinski definition) is 1. The van der Waals surface area contributed by atoms with Crippen LogP contribution in [0, 0.1) is 41.3 Å². The Morgan fingerprint density at radius 3 is 2.21 bits per heavy atom. The lowest BCUT2D eigenvalue weighted by molar-refractivity contribution is -0.154. The van der Waals surface area contributed by atoms with Gasteiger partial charge in [-0.1, -0.05) is 12.2 Å². The number of carbonyl (C=O) groups excluding carboxylic acids is 4. The highest BCUT2D eigenvalue weighted by atomic mass is 19.1. The number of hydrogen-bond acceptors (Lipinski definition) is 5. The van der Waals surface area contributed by atoms with Gasteiger partial charge in [-0.2, -0.15) is 0 Å². The fourth-order valence-electron chi connectivity index (χ4n) is 5.23. The van der Waals surface area contributed by atoms with E-state index in [4.69, 9.17) is 4.74 Å². The molecular weight excluding hydrogens is 379 g/mol. The van der Waals surface area contributed by atoms with E-state index in [0.29, 0.717) is 17.5 Å². The Balaban J connectivity index is 1.16. The fourth-order valence-corrected chi connectivity index (χ4v) is 5.23. The molecule has 1 aromatic carbocycles. The molecule has 6 atom stereocenters. The number of imide groups is 1. The van der Waals surface area contributed by atoms with Crippen LogP contribution in [0.25, 0.3) is 0 Å². The lowest BCUT2D eigenvalue weighted by atomic mass is 9.63. The van der Waals surface area contributed by atoms with E-state index in [9.17, 15) is 23.6 Å². The number of rotatable bonds is 5. The minimum absolute atomic E-state index is 0.0916. The summed E-state index contributed by atoms with van der Waals surface area (Å²) in [5, 5.41) is 2.47. The van der Waals surface area contributed by atoms with E-state index in [2.05, 4.69) is 17.5 Å². The molecule has 0 radical (unpaired) electrons. The van der Waals surface area contributed by atoms with Crippen molar-refractivity contribution in [2.45, 2.75) is 6.42 Å². The molecule has 1 saturated heterocycles. The van der Waals surface area contributed by atoms with Gasteiger partial charge in [0.1, 0.15) is 12.4 Å². The van der Waals surface area contributed by atoms with E-state index in [-0.39, 0.29) is 35.5 Å². The molecule has 8 heteroatoms. The van der Waals surface area contributed by atoms with E-state index in [1.54, 1.807) is 0 Å². The molecule has 7 nitrogen and oxygen atoms in total. The monoisotopic (exact) mass is 398 g/mol. The maximum atomic E-state index is 12.9. The van der Waals surface area contributed by atoms with Gasteiger partial charge in [0.2, 0.25) is 11.8 Å². The van der Waals surface area contributed by atoms with Gasteiger partial charge in [0, 0.05) is 5.69 Å². The molecule has 150 valence electrons. The lowest BCUT2D eigenvalue weighted by Gasteiger charge is -2.37. The Hall–Kier alpha value is -3.03. The van der Waals surface area contributed by atoms with Crippen molar-refractivity contribution in [3.63, 3.8) is 0 Å². The van der Waals surface area contributed by atoms with Crippen molar-refractivity contribution >= 4 is 29.4 Å². The predicted octanol–water partition coefficient (Wildman–Crippen LogP) is 1.36. The van der Waals surface area contributed by atoms with E-state index >= 15 is 0 Å². The molecule has 2 bridgehead atoms. The number of allylic oxidation sites excluding steroid dienone is 2. The van der Waals surface area contributed by atoms with Gasteiger partial charge in [0.15, 0.2) is 6.61 Å². The molecule has 1 heterocycles. The number of ether oxygens (including phenoxy) is 1. The molecule has 2 saturated carbocycles. The van der Waals surface area contributed by atoms with E-state index in [1.165, 1.54) is 24.3 Å². The van der Waals surface area contributed by atoms with E-state index < -0.39 is 30.8 Å². The quantitative estimate of drug-likeness (QED) is 0.459. The average molecular weight is 398 g/mol. The van der Waals surface area contributed by atoms with Gasteiger partial charge in [-0.25, -0.2) is 4.39 Å². The number of benzene rings is 1. The van der Waals surface area contributed by atoms with Gasteiger partial charge in [0.25, 0.3) is 5.91 Å². The first-order chi connectivity index (χ1) is 13.9. The molecule has 1 aromatic rings. The first kappa shape index (κ1) is 18.0. The van der Waals surface area contributed by atoms with Crippen LogP contribution >= 0.6 is 0 Å². The molecule has 6 rings (SSSR count). The second-order valence-corrected chi connectivity index (χ2v) is 8.13. The van der Waals surface area contributed by atoms with Gasteiger partial charge in [-0.3, -0.25) is 24.1 Å². The Kier molecular flexibility index (Phi) is 4.04. The Labute approximate surface area is 165 Å². The minimum atomic E-state index is -0.815. The summed E-state index contributed by atoms with van der Waals surface area (Å²) in [6.45, 7) is -1.04. The molecule has 3 amide bonds. The highest BCUT2D eigenvalue weighted by Gasteiger charge is 2.67. The fraction of sp³-hybridized carbons (Fsp3) is 0.429. The van der Waals surface area contributed by atoms with Crippen LogP contribution in [0.1, 0.15) is 6.42 Å². The van der Waals surface area contributed by atoms with Gasteiger partial charge >= 0.3 is 5.97 Å². The Morgan fingerprint density at radius 2 is 1.62 bits per heavy atom. The number of nitrogens with zero attached hydrogens (tertiary/aromatic N) is 1. The van der Waals surface area contributed by atoms with Gasteiger partial charge in [-0.15, -0.1) is 0 Å². The molecule has 4 aliphatic carbocycles. The van der Waals surface area contributed by atoms with Crippen molar-refractivity contribution in [3.05, 3.63) is 42.2 Å². The maximum Gasteiger partial charge on any atom is 0.326 e. The number of anilines is 1. The summed E-state index contributed by atoms with van der Waals surface area (Å²) in [6, 6.07) is 5.14. The van der Waals surface area contributed by atoms with Crippen LogP contribution in [0.2, 0.25) is 0 Å². The molecule has 1 aliphatic heterocycles. The second kappa shape index (κ2) is 6.50. The highest BCUT2D eigenvalue weighted by Crippen LogP contribution is 2.65. The van der Waals surface area contributed by atoms with Crippen LogP contribution < -0.4 is 5.32 Å². The largest absolute Gasteiger partial charge is 0.454 e. The lowest BCUT2D eigenvalue weighted by Crippen LogP contribution is -2.40. The predicted molar refractivity (Wildman–Crippen MR) is 97.4 cm³/mol. The van der Waals surface area contributed by atoms with Crippen molar-refractivity contribution in [2.24, 2.45) is 35.5 Å². The first-order valence-corrected chi connectivity index (χ1v) is 9.68. The second-order valence-electron chi connectivity index (χ2n) is 8.13. The van der Waals surface area contributed by atoms with Crippen LogP contribution in [0.5, 0.6) is 0 Å². The molecule has 5 aliphatic rings. The Bertz CT molecular complexity index is 907. The third-order valence-electron chi connectivity index (χ3n) is 6.53. The summed E-state index contributed by atoms with van der Waals surface area (Å²) in [6.07, 6.45) is 5.20. The molecule has 1 N–H and O–H groups in total. The highest BCUT2D eigenvalue weighted by molar-refractivity contribution is 6.08. The molecule has 0 unspecified atom stereocenters. The van der Waals surface area contributed by atoms with Crippen molar-refractivity contribution in [3.8, 4) is 0 Å². The van der Waals surface area contributed by atoms with Crippen molar-refractivity contribution in [1.29, 1.82) is 0 Å². The standard InChI is InChI=1S/C21H19FN2O5/c22-10-1-3-11(4-2-10)23-16(25)9-29-17(26)8-24-20(27)18-12-5-6-13(15-7-14(12)15)19(18)21(24)28/h1-6,12-15,18-19H,7-9H2,(H,23,25)/t12-,13-,14-,15+,18-,19+/m0/s1. The maximum absolute atomic E-state index is 12.9. The zero-order valence-corrected chi connectivity index (χ0v) is 15.4. The normalized spacial score (nSPS) is 33.3. The summed E-state index contributed by atoms with van der Waals surface area (Å²) >= 11 is 0. The summed E-state index contributed by atoms with van der Waals surface area (Å²) in [5.41, 5.74) is 0.364. The van der Waals surface area contributed by atoms with E-state index in [1.807, 2.05) is 0 Å². The number of nitrogens with one attached hydrogen (secondary N) is 1. The molecule has 0 spiro atoms. The summed E-state index contributed by atoms with van der Waals surface area (Å²) in [4.78, 5) is 50.6. The molecule has 3 fully saturated rings. The van der Waals surface area contributed by atoms with Crippen molar-refractivity contribution in [1.82, 2.24) is 4.90 Å². The Morgan fingerprint density at radius 1 is 1.03 bits per heavy atom. The number of halogens is 1. The minimum Gasteiger partial charge on any atom is -0.454 e. The van der Waals surface area contributed by atoms with Crippen molar-refractivity contribution < 1.29 is 28.3 Å². The first-order valence-electron chi connectivity index (χ1n) is 9.68. The zero-order valence-electron chi connectivity index (χ0n) is 15.4. The number of esters is 1. The van der Waals surface area contributed by atoms with Crippen LogP contribution in [-0.4, -0.2) is 41.7 Å².